The van der Waals surface area contributed by atoms with Gasteiger partial charge in [-0.1, -0.05) is 0 Å². The van der Waals surface area contributed by atoms with Gasteiger partial charge in [0.1, 0.15) is 17.8 Å². The maximum Gasteiger partial charge on any atom is 0.243 e. The summed E-state index contributed by atoms with van der Waals surface area (Å²) in [5.74, 6) is -0.467. The second-order valence-corrected chi connectivity index (χ2v) is 8.54. The highest BCUT2D eigenvalue weighted by Crippen LogP contribution is 2.30. The number of rotatable bonds is 4. The number of H-pyrrole nitrogens is 1. The van der Waals surface area contributed by atoms with Crippen molar-refractivity contribution >= 4 is 21.1 Å². The van der Waals surface area contributed by atoms with Crippen LogP contribution >= 0.6 is 0 Å². The quantitative estimate of drug-likeness (QED) is 0.569. The summed E-state index contributed by atoms with van der Waals surface area (Å²) in [4.78, 5) is 11.7. The van der Waals surface area contributed by atoms with Crippen LogP contribution in [0.4, 0.5) is 4.39 Å². The topological polar surface area (TPSA) is 96.8 Å². The van der Waals surface area contributed by atoms with E-state index in [2.05, 4.69) is 20.1 Å². The van der Waals surface area contributed by atoms with Crippen molar-refractivity contribution in [2.24, 2.45) is 0 Å². The van der Waals surface area contributed by atoms with E-state index in [0.29, 0.717) is 13.1 Å². The number of sulfonamides is 1. The lowest BCUT2D eigenvalue weighted by molar-refractivity contribution is 0.191. The molecule has 1 aliphatic rings. The third-order valence-electron chi connectivity index (χ3n) is 4.88. The summed E-state index contributed by atoms with van der Waals surface area (Å²) in [5, 5.41) is 5.28. The monoisotopic (exact) mass is 398 g/mol. The Morgan fingerprint density at radius 1 is 1.11 bits per heavy atom. The first-order valence-electron chi connectivity index (χ1n) is 8.61. The number of nitrogens with one attached hydrogen (secondary N) is 1. The van der Waals surface area contributed by atoms with Gasteiger partial charge in [0, 0.05) is 36.4 Å². The molecular formula is C18H15FN6O2S. The molecule has 142 valence electrons. The van der Waals surface area contributed by atoms with Gasteiger partial charge in [-0.2, -0.15) is 9.40 Å². The molecule has 3 aromatic heterocycles. The molecule has 4 heterocycles. The number of aromatic nitrogens is 5. The molecule has 0 atom stereocenters. The summed E-state index contributed by atoms with van der Waals surface area (Å²) >= 11 is 0. The number of hydrogen-bond acceptors (Lipinski definition) is 5. The van der Waals surface area contributed by atoms with E-state index in [-0.39, 0.29) is 10.9 Å². The summed E-state index contributed by atoms with van der Waals surface area (Å²) in [7, 11) is -3.63. The molecule has 4 aromatic rings. The molecule has 0 bridgehead atoms. The Hall–Kier alpha value is -3.11. The summed E-state index contributed by atoms with van der Waals surface area (Å²) in [6.45, 7) is 0.619. The van der Waals surface area contributed by atoms with E-state index >= 15 is 0 Å². The summed E-state index contributed by atoms with van der Waals surface area (Å²) in [5.41, 5.74) is 2.36. The van der Waals surface area contributed by atoms with Crippen molar-refractivity contribution in [1.29, 1.82) is 0 Å². The fourth-order valence-corrected chi connectivity index (χ4v) is 4.81. The van der Waals surface area contributed by atoms with Gasteiger partial charge in [0.05, 0.1) is 22.8 Å². The lowest BCUT2D eigenvalue weighted by Gasteiger charge is -2.37. The fraction of sp³-hybridized carbons (Fsp3) is 0.167. The minimum absolute atomic E-state index is 0.0625. The van der Waals surface area contributed by atoms with E-state index in [1.807, 2.05) is 12.3 Å². The number of nitrogens with zero attached hydrogens (tertiary/aromatic N) is 5. The molecule has 1 aromatic carbocycles. The van der Waals surface area contributed by atoms with Gasteiger partial charge in [-0.25, -0.2) is 22.8 Å². The number of aromatic amines is 1. The molecule has 0 aliphatic carbocycles. The van der Waals surface area contributed by atoms with Crippen molar-refractivity contribution in [3.8, 4) is 11.3 Å². The van der Waals surface area contributed by atoms with Crippen LogP contribution in [0.2, 0.25) is 0 Å². The SMILES string of the molecule is O=S(=O)(c1ccc(F)cc1)N1CC(n2cc(-c3ncnc4[nH]ccc34)cn2)C1. The maximum absolute atomic E-state index is 13.0. The minimum Gasteiger partial charge on any atom is -0.346 e. The zero-order valence-electron chi connectivity index (χ0n) is 14.5. The molecule has 28 heavy (non-hydrogen) atoms. The van der Waals surface area contributed by atoms with Crippen molar-refractivity contribution in [2.75, 3.05) is 13.1 Å². The maximum atomic E-state index is 13.0. The zero-order valence-corrected chi connectivity index (χ0v) is 15.3. The Morgan fingerprint density at radius 3 is 2.68 bits per heavy atom. The minimum atomic E-state index is -3.63. The first-order chi connectivity index (χ1) is 13.5. The third kappa shape index (κ3) is 2.69. The van der Waals surface area contributed by atoms with Crippen LogP contribution in [-0.2, 0) is 10.0 Å². The Bertz CT molecular complexity index is 1260. The van der Waals surface area contributed by atoms with Crippen molar-refractivity contribution in [3.63, 3.8) is 0 Å². The molecule has 1 fully saturated rings. The second kappa shape index (κ2) is 6.21. The highest BCUT2D eigenvalue weighted by molar-refractivity contribution is 7.89. The van der Waals surface area contributed by atoms with Crippen LogP contribution in [0.5, 0.6) is 0 Å². The van der Waals surface area contributed by atoms with E-state index in [9.17, 15) is 12.8 Å². The van der Waals surface area contributed by atoms with Crippen LogP contribution in [0.1, 0.15) is 6.04 Å². The smallest absolute Gasteiger partial charge is 0.243 e. The predicted octanol–water partition coefficient (Wildman–Crippen LogP) is 2.21. The first kappa shape index (κ1) is 17.0. The highest BCUT2D eigenvalue weighted by Gasteiger charge is 2.38. The van der Waals surface area contributed by atoms with E-state index in [0.717, 1.165) is 34.4 Å². The van der Waals surface area contributed by atoms with Crippen LogP contribution in [0.3, 0.4) is 0 Å². The fourth-order valence-electron chi connectivity index (χ4n) is 3.30. The largest absolute Gasteiger partial charge is 0.346 e. The Labute approximate surface area is 159 Å². The van der Waals surface area contributed by atoms with Gasteiger partial charge >= 0.3 is 0 Å². The van der Waals surface area contributed by atoms with Crippen LogP contribution in [0.15, 0.2) is 60.1 Å². The van der Waals surface area contributed by atoms with Gasteiger partial charge in [0.15, 0.2) is 0 Å². The molecule has 1 aliphatic heterocycles. The van der Waals surface area contributed by atoms with Gasteiger partial charge in [-0.05, 0) is 30.3 Å². The number of benzene rings is 1. The van der Waals surface area contributed by atoms with Crippen LogP contribution in [0, 0.1) is 5.82 Å². The van der Waals surface area contributed by atoms with Crippen LogP contribution in [0.25, 0.3) is 22.3 Å². The number of halogens is 1. The first-order valence-corrected chi connectivity index (χ1v) is 10.0. The summed E-state index contributed by atoms with van der Waals surface area (Å²) in [6.07, 6.45) is 6.87. The summed E-state index contributed by atoms with van der Waals surface area (Å²) < 4.78 is 41.4. The number of hydrogen-bond donors (Lipinski definition) is 1. The second-order valence-electron chi connectivity index (χ2n) is 6.60. The molecule has 5 rings (SSSR count). The molecule has 1 saturated heterocycles. The van der Waals surface area contributed by atoms with Crippen LogP contribution in [-0.4, -0.2) is 50.5 Å². The summed E-state index contributed by atoms with van der Waals surface area (Å²) in [6, 6.07) is 6.69. The highest BCUT2D eigenvalue weighted by atomic mass is 32.2. The van der Waals surface area contributed by atoms with Crippen molar-refractivity contribution in [1.82, 2.24) is 29.0 Å². The zero-order chi connectivity index (χ0) is 19.3. The lowest BCUT2D eigenvalue weighted by atomic mass is 10.1. The average molecular weight is 398 g/mol. The van der Waals surface area contributed by atoms with Gasteiger partial charge < -0.3 is 4.98 Å². The van der Waals surface area contributed by atoms with Crippen molar-refractivity contribution in [3.05, 3.63) is 61.1 Å². The molecule has 0 spiro atoms. The Morgan fingerprint density at radius 2 is 1.89 bits per heavy atom. The van der Waals surface area contributed by atoms with Crippen molar-refractivity contribution in [2.45, 2.75) is 10.9 Å². The Kier molecular flexibility index (Phi) is 3.78. The van der Waals surface area contributed by atoms with E-state index in [1.165, 1.54) is 22.8 Å². The average Bonchev–Trinajstić information content (AvgIpc) is 3.29. The molecule has 0 amide bonds. The van der Waals surface area contributed by atoms with E-state index in [1.54, 1.807) is 17.1 Å². The van der Waals surface area contributed by atoms with Gasteiger partial charge in [-0.3, -0.25) is 4.68 Å². The Balaban J connectivity index is 1.35. The standard InChI is InChI=1S/C18H15FN6O2S/c19-13-1-3-15(4-2-13)28(26,27)24-9-14(10-24)25-8-12(7-23-25)17-16-5-6-20-18(16)22-11-21-17/h1-8,11,14H,9-10H2,(H,20,21,22). The predicted molar refractivity (Wildman–Crippen MR) is 99.3 cm³/mol. The number of fused-ring (bicyclic) bond motifs is 1. The van der Waals surface area contributed by atoms with Crippen LogP contribution < -0.4 is 0 Å². The molecule has 1 N–H and O–H groups in total. The van der Waals surface area contributed by atoms with E-state index in [4.69, 9.17) is 0 Å². The van der Waals surface area contributed by atoms with E-state index < -0.39 is 15.8 Å². The molecule has 0 saturated carbocycles. The molecule has 0 unspecified atom stereocenters. The lowest BCUT2D eigenvalue weighted by Crippen LogP contribution is -2.50. The van der Waals surface area contributed by atoms with Gasteiger partial charge in [0.2, 0.25) is 10.0 Å². The van der Waals surface area contributed by atoms with Gasteiger partial charge in [0.25, 0.3) is 0 Å². The molecule has 8 nitrogen and oxygen atoms in total. The normalized spacial score (nSPS) is 15.8. The third-order valence-corrected chi connectivity index (χ3v) is 6.73. The molecule has 0 radical (unpaired) electrons. The van der Waals surface area contributed by atoms with Gasteiger partial charge in [-0.15, -0.1) is 0 Å². The molecular weight excluding hydrogens is 383 g/mol. The van der Waals surface area contributed by atoms with Crippen molar-refractivity contribution < 1.29 is 12.8 Å². The molecule has 10 heteroatoms.